The highest BCUT2D eigenvalue weighted by Gasteiger charge is 2.78. The summed E-state index contributed by atoms with van der Waals surface area (Å²) in [5.74, 6) is 0. The van der Waals surface area contributed by atoms with Crippen LogP contribution in [-0.4, -0.2) is 17.7 Å². The zero-order valence-corrected chi connectivity index (χ0v) is 11.5. The maximum absolute atomic E-state index is 5.68. The lowest BCUT2D eigenvalue weighted by molar-refractivity contribution is 0.0846. The lowest BCUT2D eigenvalue weighted by Crippen LogP contribution is -2.46. The van der Waals surface area contributed by atoms with E-state index in [1.165, 1.54) is 0 Å². The maximum Gasteiger partial charge on any atom is 0.257 e. The summed E-state index contributed by atoms with van der Waals surface area (Å²) in [7, 11) is 0. The first-order chi connectivity index (χ1) is 5.46. The molecule has 1 fully saturated rings. The van der Waals surface area contributed by atoms with Crippen LogP contribution in [0.5, 0.6) is 0 Å². The van der Waals surface area contributed by atoms with Crippen LogP contribution in [0.1, 0.15) is 0 Å². The number of hydrogen-bond donors (Lipinski definition) is 0. The van der Waals surface area contributed by atoms with Gasteiger partial charge in [0.1, 0.15) is 0 Å². The molecule has 0 aromatic heterocycles. The second-order valence-electron chi connectivity index (χ2n) is 2.28. The van der Waals surface area contributed by atoms with Gasteiger partial charge in [0.15, 0.2) is 0 Å². The monoisotopic (exact) mass is 344 g/mol. The van der Waals surface area contributed by atoms with Crippen LogP contribution in [0, 0.1) is 0 Å². The van der Waals surface area contributed by atoms with Crippen LogP contribution in [0.4, 0.5) is 0 Å². The summed E-state index contributed by atoms with van der Waals surface area (Å²) < 4.78 is -3.61. The van der Waals surface area contributed by atoms with E-state index in [-0.39, 0.29) is 0 Å². The summed E-state index contributed by atoms with van der Waals surface area (Å²) in [5, 5.41) is 0. The SMILES string of the molecule is ClC1(Cl)OC(Cl)(Cl)C(Cl)(Cl)C1(Cl)Cl. The first-order valence-electron chi connectivity index (χ1n) is 2.67. The Morgan fingerprint density at radius 1 is 0.538 bits per heavy atom. The van der Waals surface area contributed by atoms with E-state index in [0.717, 1.165) is 0 Å². The molecule has 0 radical (unpaired) electrons. The van der Waals surface area contributed by atoms with Gasteiger partial charge in [-0.05, 0) is 0 Å². The van der Waals surface area contributed by atoms with Crippen LogP contribution in [-0.2, 0) is 4.74 Å². The molecule has 0 bridgehead atoms. The Kier molecular flexibility index (Phi) is 3.47. The molecule has 1 nitrogen and oxygen atoms in total. The summed E-state index contributed by atoms with van der Waals surface area (Å²) in [5.41, 5.74) is 0. The minimum atomic E-state index is -2.09. The van der Waals surface area contributed by atoms with Crippen LogP contribution in [0.3, 0.4) is 0 Å². The lowest BCUT2D eigenvalue weighted by Gasteiger charge is -2.30. The summed E-state index contributed by atoms with van der Waals surface area (Å²) in [6.07, 6.45) is 0. The molecule has 0 spiro atoms. The molecule has 0 amide bonds. The van der Waals surface area contributed by atoms with Crippen molar-refractivity contribution < 1.29 is 4.74 Å². The van der Waals surface area contributed by atoms with E-state index in [1.54, 1.807) is 0 Å². The summed E-state index contributed by atoms with van der Waals surface area (Å²) in [6.45, 7) is 0. The second kappa shape index (κ2) is 3.38. The summed E-state index contributed by atoms with van der Waals surface area (Å²) in [4.78, 5) is 0. The molecule has 1 aliphatic rings. The molecular formula is C4Cl8O. The van der Waals surface area contributed by atoms with Crippen LogP contribution in [0.2, 0.25) is 0 Å². The van der Waals surface area contributed by atoms with Crippen molar-refractivity contribution >= 4 is 92.8 Å². The molecule has 0 unspecified atom stereocenters. The second-order valence-corrected chi connectivity index (χ2v) is 7.46. The van der Waals surface area contributed by atoms with Gasteiger partial charge in [-0.2, -0.15) is 0 Å². The minimum absolute atomic E-state index is 2.06. The molecule has 0 atom stereocenters. The largest absolute Gasteiger partial charge is 0.304 e. The van der Waals surface area contributed by atoms with Gasteiger partial charge in [0.25, 0.3) is 9.04 Å². The van der Waals surface area contributed by atoms with Gasteiger partial charge in [-0.3, -0.25) is 0 Å². The molecule has 1 rings (SSSR count). The smallest absolute Gasteiger partial charge is 0.257 e. The van der Waals surface area contributed by atoms with Gasteiger partial charge < -0.3 is 4.74 Å². The van der Waals surface area contributed by atoms with E-state index in [9.17, 15) is 0 Å². The van der Waals surface area contributed by atoms with E-state index < -0.39 is 17.7 Å². The fourth-order valence-electron chi connectivity index (χ4n) is 0.655. The van der Waals surface area contributed by atoms with E-state index in [0.29, 0.717) is 0 Å². The summed E-state index contributed by atoms with van der Waals surface area (Å²) >= 11 is 45.0. The molecule has 0 aromatic carbocycles. The van der Waals surface area contributed by atoms with Gasteiger partial charge in [0.2, 0.25) is 8.67 Å². The normalized spacial score (nSPS) is 33.2. The molecule has 1 heterocycles. The topological polar surface area (TPSA) is 9.23 Å². The molecular weight excluding hydrogens is 348 g/mol. The predicted octanol–water partition coefficient (Wildman–Crippen LogP) is 4.63. The molecule has 0 aliphatic carbocycles. The van der Waals surface area contributed by atoms with Gasteiger partial charge >= 0.3 is 0 Å². The lowest BCUT2D eigenvalue weighted by atomic mass is 10.3. The Balaban J connectivity index is 3.24. The first kappa shape index (κ1) is 13.3. The van der Waals surface area contributed by atoms with Gasteiger partial charge in [0.05, 0.1) is 0 Å². The fraction of sp³-hybridized carbons (Fsp3) is 1.00. The third-order valence-electron chi connectivity index (χ3n) is 1.38. The number of halogens is 8. The van der Waals surface area contributed by atoms with Crippen molar-refractivity contribution in [3.63, 3.8) is 0 Å². The Morgan fingerprint density at radius 2 is 0.769 bits per heavy atom. The van der Waals surface area contributed by atoms with Gasteiger partial charge in [0, 0.05) is 0 Å². The molecule has 0 aromatic rings. The number of rotatable bonds is 0. The Labute approximate surface area is 114 Å². The zero-order chi connectivity index (χ0) is 10.7. The maximum atomic E-state index is 5.68. The van der Waals surface area contributed by atoms with Crippen molar-refractivity contribution in [3.8, 4) is 0 Å². The highest BCUT2D eigenvalue weighted by molar-refractivity contribution is 6.74. The molecule has 0 saturated carbocycles. The van der Waals surface area contributed by atoms with E-state index in [2.05, 4.69) is 0 Å². The quantitative estimate of drug-likeness (QED) is 0.581. The Hall–Kier alpha value is 2.28. The van der Waals surface area contributed by atoms with Crippen molar-refractivity contribution in [3.05, 3.63) is 0 Å². The predicted molar refractivity (Wildman–Crippen MR) is 58.8 cm³/mol. The van der Waals surface area contributed by atoms with Crippen LogP contribution in [0.15, 0.2) is 0 Å². The Morgan fingerprint density at radius 3 is 0.846 bits per heavy atom. The highest BCUT2D eigenvalue weighted by Crippen LogP contribution is 2.68. The third kappa shape index (κ3) is 1.73. The van der Waals surface area contributed by atoms with Gasteiger partial charge in [-0.15, -0.1) is 0 Å². The van der Waals surface area contributed by atoms with Crippen molar-refractivity contribution in [2.75, 3.05) is 0 Å². The molecule has 1 aliphatic heterocycles. The van der Waals surface area contributed by atoms with Gasteiger partial charge in [-0.1, -0.05) is 92.8 Å². The van der Waals surface area contributed by atoms with Crippen LogP contribution >= 0.6 is 92.8 Å². The molecule has 9 heteroatoms. The van der Waals surface area contributed by atoms with E-state index in [4.69, 9.17) is 97.5 Å². The number of hydrogen-bond acceptors (Lipinski definition) is 1. The molecule has 0 N–H and O–H groups in total. The molecule has 13 heavy (non-hydrogen) atoms. The Bertz CT molecular complexity index is 208. The van der Waals surface area contributed by atoms with Crippen molar-refractivity contribution in [1.82, 2.24) is 0 Å². The average molecular weight is 348 g/mol. The molecule has 78 valence electrons. The fourth-order valence-corrected chi connectivity index (χ4v) is 2.92. The number of alkyl halides is 8. The van der Waals surface area contributed by atoms with E-state index >= 15 is 0 Å². The summed E-state index contributed by atoms with van der Waals surface area (Å²) in [6, 6.07) is 0. The van der Waals surface area contributed by atoms with Crippen molar-refractivity contribution in [1.29, 1.82) is 0 Å². The van der Waals surface area contributed by atoms with Gasteiger partial charge in [-0.25, -0.2) is 0 Å². The zero-order valence-electron chi connectivity index (χ0n) is 5.43. The highest BCUT2D eigenvalue weighted by atomic mass is 35.6. The third-order valence-corrected chi connectivity index (χ3v) is 6.18. The first-order valence-corrected chi connectivity index (χ1v) is 5.69. The van der Waals surface area contributed by atoms with Crippen molar-refractivity contribution in [2.24, 2.45) is 0 Å². The van der Waals surface area contributed by atoms with E-state index in [1.807, 2.05) is 0 Å². The number of ether oxygens (including phenoxy) is 1. The standard InChI is InChI=1S/C4Cl8O/c5-1(6)2(7,8)4(11,12)13-3(1,9)10. The van der Waals surface area contributed by atoms with Crippen LogP contribution in [0.25, 0.3) is 0 Å². The molecule has 1 saturated heterocycles. The van der Waals surface area contributed by atoms with Crippen molar-refractivity contribution in [2.45, 2.75) is 17.7 Å². The van der Waals surface area contributed by atoms with Crippen LogP contribution < -0.4 is 0 Å². The minimum Gasteiger partial charge on any atom is -0.304 e. The average Bonchev–Trinajstić information content (AvgIpc) is 1.88.